The number of rotatable bonds is 11. The SMILES string of the molecule is CCCCCCCCCC(C)(N)Cc1ccc(OC)cc1. The third-order valence-electron chi connectivity index (χ3n) is 4.12. The molecule has 1 aromatic carbocycles. The molecule has 120 valence electrons. The van der Waals surface area contributed by atoms with Crippen LogP contribution in [0.4, 0.5) is 0 Å². The Morgan fingerprint density at radius 2 is 1.52 bits per heavy atom. The van der Waals surface area contributed by atoms with Crippen LogP contribution >= 0.6 is 0 Å². The van der Waals surface area contributed by atoms with Gasteiger partial charge in [-0.25, -0.2) is 0 Å². The maximum atomic E-state index is 6.45. The molecule has 0 heterocycles. The van der Waals surface area contributed by atoms with E-state index in [0.717, 1.165) is 18.6 Å². The standard InChI is InChI=1S/C19H33NO/c1-4-5-6-7-8-9-10-15-19(2,20)16-17-11-13-18(21-3)14-12-17/h11-14H,4-10,15-16,20H2,1-3H3. The highest BCUT2D eigenvalue weighted by molar-refractivity contribution is 5.28. The van der Waals surface area contributed by atoms with E-state index in [1.807, 2.05) is 12.1 Å². The third-order valence-corrected chi connectivity index (χ3v) is 4.12. The lowest BCUT2D eigenvalue weighted by Crippen LogP contribution is -2.38. The molecule has 21 heavy (non-hydrogen) atoms. The van der Waals surface area contributed by atoms with Crippen molar-refractivity contribution in [3.63, 3.8) is 0 Å². The van der Waals surface area contributed by atoms with Gasteiger partial charge in [0, 0.05) is 5.54 Å². The van der Waals surface area contributed by atoms with Crippen LogP contribution in [0.25, 0.3) is 0 Å². The van der Waals surface area contributed by atoms with E-state index in [0.29, 0.717) is 0 Å². The van der Waals surface area contributed by atoms with Gasteiger partial charge >= 0.3 is 0 Å². The Labute approximate surface area is 131 Å². The molecule has 0 bridgehead atoms. The minimum Gasteiger partial charge on any atom is -0.497 e. The zero-order valence-electron chi connectivity index (χ0n) is 14.2. The Morgan fingerprint density at radius 3 is 2.10 bits per heavy atom. The summed E-state index contributed by atoms with van der Waals surface area (Å²) in [5.41, 5.74) is 7.65. The highest BCUT2D eigenvalue weighted by atomic mass is 16.5. The number of ether oxygens (including phenoxy) is 1. The molecule has 0 fully saturated rings. The zero-order valence-corrected chi connectivity index (χ0v) is 14.2. The smallest absolute Gasteiger partial charge is 0.118 e. The molecule has 0 aliphatic heterocycles. The Balaban J connectivity index is 2.22. The Bertz CT molecular complexity index is 370. The van der Waals surface area contributed by atoms with Gasteiger partial charge in [0.05, 0.1) is 7.11 Å². The van der Waals surface area contributed by atoms with Crippen molar-refractivity contribution >= 4 is 0 Å². The molecule has 2 nitrogen and oxygen atoms in total. The fourth-order valence-electron chi connectivity index (χ4n) is 2.78. The maximum Gasteiger partial charge on any atom is 0.118 e. The van der Waals surface area contributed by atoms with Crippen LogP contribution in [0.5, 0.6) is 5.75 Å². The number of hydrogen-bond donors (Lipinski definition) is 1. The molecular weight excluding hydrogens is 258 g/mol. The first-order valence-corrected chi connectivity index (χ1v) is 8.49. The molecule has 1 aromatic rings. The van der Waals surface area contributed by atoms with Crippen LogP contribution in [-0.2, 0) is 6.42 Å². The van der Waals surface area contributed by atoms with Gasteiger partial charge in [0.2, 0.25) is 0 Å². The van der Waals surface area contributed by atoms with Gasteiger partial charge in [-0.2, -0.15) is 0 Å². The van der Waals surface area contributed by atoms with Gasteiger partial charge in [-0.15, -0.1) is 0 Å². The van der Waals surface area contributed by atoms with Crippen molar-refractivity contribution in [3.8, 4) is 5.75 Å². The molecule has 0 aromatic heterocycles. The first-order valence-electron chi connectivity index (χ1n) is 8.49. The summed E-state index contributed by atoms with van der Waals surface area (Å²) in [4.78, 5) is 0. The summed E-state index contributed by atoms with van der Waals surface area (Å²) in [5.74, 6) is 0.907. The summed E-state index contributed by atoms with van der Waals surface area (Å²) >= 11 is 0. The Kier molecular flexibility index (Phi) is 8.44. The van der Waals surface area contributed by atoms with Gasteiger partial charge in [0.15, 0.2) is 0 Å². The average Bonchev–Trinajstić information content (AvgIpc) is 2.46. The van der Waals surface area contributed by atoms with Crippen LogP contribution in [0.1, 0.15) is 70.8 Å². The number of hydrogen-bond acceptors (Lipinski definition) is 2. The number of unbranched alkanes of at least 4 members (excludes halogenated alkanes) is 6. The Hall–Kier alpha value is -1.02. The summed E-state index contributed by atoms with van der Waals surface area (Å²) in [6.45, 7) is 4.44. The van der Waals surface area contributed by atoms with E-state index in [9.17, 15) is 0 Å². The topological polar surface area (TPSA) is 35.2 Å². The van der Waals surface area contributed by atoms with E-state index >= 15 is 0 Å². The maximum absolute atomic E-state index is 6.45. The van der Waals surface area contributed by atoms with Crippen molar-refractivity contribution in [1.29, 1.82) is 0 Å². The van der Waals surface area contributed by atoms with Crippen LogP contribution in [0.15, 0.2) is 24.3 Å². The number of benzene rings is 1. The molecule has 1 rings (SSSR count). The predicted molar refractivity (Wildman–Crippen MR) is 91.9 cm³/mol. The lowest BCUT2D eigenvalue weighted by Gasteiger charge is -2.25. The molecule has 0 amide bonds. The van der Waals surface area contributed by atoms with Gasteiger partial charge in [-0.3, -0.25) is 0 Å². The molecule has 0 aliphatic carbocycles. The van der Waals surface area contributed by atoms with Crippen molar-refractivity contribution in [2.24, 2.45) is 5.73 Å². The van der Waals surface area contributed by atoms with Crippen LogP contribution in [0.3, 0.4) is 0 Å². The largest absolute Gasteiger partial charge is 0.497 e. The van der Waals surface area contributed by atoms with E-state index in [1.165, 1.54) is 50.5 Å². The normalized spacial score (nSPS) is 13.9. The number of methoxy groups -OCH3 is 1. The third kappa shape index (κ3) is 8.11. The van der Waals surface area contributed by atoms with Crippen LogP contribution < -0.4 is 10.5 Å². The van der Waals surface area contributed by atoms with Gasteiger partial charge in [-0.1, -0.05) is 64.0 Å². The molecule has 0 saturated carbocycles. The van der Waals surface area contributed by atoms with Gasteiger partial charge in [0.25, 0.3) is 0 Å². The Morgan fingerprint density at radius 1 is 0.952 bits per heavy atom. The van der Waals surface area contributed by atoms with Gasteiger partial charge in [0.1, 0.15) is 5.75 Å². The van der Waals surface area contributed by atoms with Crippen molar-refractivity contribution < 1.29 is 4.74 Å². The molecule has 2 N–H and O–H groups in total. The predicted octanol–water partition coefficient (Wildman–Crippen LogP) is 5.10. The highest BCUT2D eigenvalue weighted by Crippen LogP contribution is 2.20. The van der Waals surface area contributed by atoms with Crippen LogP contribution in [0, 0.1) is 0 Å². The summed E-state index contributed by atoms with van der Waals surface area (Å²) in [7, 11) is 1.70. The number of nitrogens with two attached hydrogens (primary N) is 1. The van der Waals surface area contributed by atoms with Crippen molar-refractivity contribution in [1.82, 2.24) is 0 Å². The molecule has 0 aliphatic rings. The molecule has 0 spiro atoms. The molecule has 0 saturated heterocycles. The van der Waals surface area contributed by atoms with E-state index in [-0.39, 0.29) is 5.54 Å². The highest BCUT2D eigenvalue weighted by Gasteiger charge is 2.18. The van der Waals surface area contributed by atoms with E-state index in [4.69, 9.17) is 10.5 Å². The zero-order chi connectivity index (χ0) is 15.6. The summed E-state index contributed by atoms with van der Waals surface area (Å²) in [6, 6.07) is 8.27. The fourth-order valence-corrected chi connectivity index (χ4v) is 2.78. The summed E-state index contributed by atoms with van der Waals surface area (Å²) in [5, 5.41) is 0. The minimum absolute atomic E-state index is 0.0992. The fraction of sp³-hybridized carbons (Fsp3) is 0.684. The lowest BCUT2D eigenvalue weighted by molar-refractivity contribution is 0.401. The van der Waals surface area contributed by atoms with E-state index < -0.39 is 0 Å². The average molecular weight is 291 g/mol. The van der Waals surface area contributed by atoms with Crippen molar-refractivity contribution in [2.75, 3.05) is 7.11 Å². The quantitative estimate of drug-likeness (QED) is 0.576. The molecule has 0 radical (unpaired) electrons. The van der Waals surface area contributed by atoms with Crippen LogP contribution in [-0.4, -0.2) is 12.6 Å². The second kappa shape index (κ2) is 9.83. The molecule has 2 heteroatoms. The van der Waals surface area contributed by atoms with E-state index in [1.54, 1.807) is 7.11 Å². The second-order valence-electron chi connectivity index (χ2n) is 6.55. The minimum atomic E-state index is -0.0992. The first-order chi connectivity index (χ1) is 10.1. The summed E-state index contributed by atoms with van der Waals surface area (Å²) in [6.07, 6.45) is 11.4. The first kappa shape index (κ1) is 18.0. The lowest BCUT2D eigenvalue weighted by atomic mass is 9.88. The van der Waals surface area contributed by atoms with Crippen molar-refractivity contribution in [3.05, 3.63) is 29.8 Å². The molecule has 1 unspecified atom stereocenters. The molecular formula is C19H33NO. The van der Waals surface area contributed by atoms with Crippen molar-refractivity contribution in [2.45, 2.75) is 77.2 Å². The molecule has 1 atom stereocenters. The summed E-state index contributed by atoms with van der Waals surface area (Å²) < 4.78 is 5.19. The van der Waals surface area contributed by atoms with Gasteiger partial charge < -0.3 is 10.5 Å². The van der Waals surface area contributed by atoms with Gasteiger partial charge in [-0.05, 0) is 37.5 Å². The van der Waals surface area contributed by atoms with E-state index in [2.05, 4.69) is 26.0 Å². The monoisotopic (exact) mass is 291 g/mol. The second-order valence-corrected chi connectivity index (χ2v) is 6.55. The van der Waals surface area contributed by atoms with Crippen LogP contribution in [0.2, 0.25) is 0 Å².